The Morgan fingerprint density at radius 2 is 2.11 bits per heavy atom. The molecule has 0 unspecified atom stereocenters. The fourth-order valence-corrected chi connectivity index (χ4v) is 1.70. The summed E-state index contributed by atoms with van der Waals surface area (Å²) >= 11 is 0. The number of aryl methyl sites for hydroxylation is 1. The molecule has 0 bridgehead atoms. The SMILES string of the molecule is COc1ccc(Cn2cc(C)c(=O)[nH]c2=O)c(F)c1. The van der Waals surface area contributed by atoms with Crippen molar-refractivity contribution in [3.8, 4) is 5.75 Å². The molecule has 6 heteroatoms. The minimum Gasteiger partial charge on any atom is -0.497 e. The number of nitrogens with one attached hydrogen (secondary N) is 1. The number of ether oxygens (including phenoxy) is 1. The Hall–Kier alpha value is -2.37. The lowest BCUT2D eigenvalue weighted by atomic mass is 10.2. The summed E-state index contributed by atoms with van der Waals surface area (Å²) < 4.78 is 19.9. The molecule has 5 nitrogen and oxygen atoms in total. The number of rotatable bonds is 3. The quantitative estimate of drug-likeness (QED) is 0.901. The number of nitrogens with zero attached hydrogens (tertiary/aromatic N) is 1. The molecule has 0 saturated heterocycles. The maximum absolute atomic E-state index is 13.8. The second-order valence-corrected chi connectivity index (χ2v) is 4.16. The maximum Gasteiger partial charge on any atom is 0.328 e. The highest BCUT2D eigenvalue weighted by molar-refractivity contribution is 5.29. The largest absolute Gasteiger partial charge is 0.497 e. The summed E-state index contributed by atoms with van der Waals surface area (Å²) in [6, 6.07) is 4.40. The molecule has 0 atom stereocenters. The highest BCUT2D eigenvalue weighted by atomic mass is 19.1. The van der Waals surface area contributed by atoms with E-state index in [1.165, 1.54) is 23.9 Å². The highest BCUT2D eigenvalue weighted by Gasteiger charge is 2.07. The lowest BCUT2D eigenvalue weighted by molar-refractivity contribution is 0.410. The van der Waals surface area contributed by atoms with Crippen molar-refractivity contribution < 1.29 is 9.13 Å². The zero-order chi connectivity index (χ0) is 14.0. The first-order valence-electron chi connectivity index (χ1n) is 5.64. The van der Waals surface area contributed by atoms with Gasteiger partial charge in [-0.3, -0.25) is 14.3 Å². The highest BCUT2D eigenvalue weighted by Crippen LogP contribution is 2.16. The molecule has 0 aliphatic carbocycles. The van der Waals surface area contributed by atoms with Gasteiger partial charge < -0.3 is 4.74 Å². The van der Waals surface area contributed by atoms with Gasteiger partial charge >= 0.3 is 5.69 Å². The lowest BCUT2D eigenvalue weighted by Gasteiger charge is -2.08. The van der Waals surface area contributed by atoms with Gasteiger partial charge in [0.2, 0.25) is 0 Å². The second-order valence-electron chi connectivity index (χ2n) is 4.16. The molecule has 1 heterocycles. The number of methoxy groups -OCH3 is 1. The standard InChI is InChI=1S/C13H13FN2O3/c1-8-6-16(13(18)15-12(8)17)7-9-3-4-10(19-2)5-11(9)14/h3-6H,7H2,1-2H3,(H,15,17,18). The fraction of sp³-hybridized carbons (Fsp3) is 0.231. The molecule has 1 aromatic heterocycles. The summed E-state index contributed by atoms with van der Waals surface area (Å²) in [5, 5.41) is 0. The van der Waals surface area contributed by atoms with Crippen LogP contribution in [0.5, 0.6) is 5.75 Å². The van der Waals surface area contributed by atoms with E-state index in [1.807, 2.05) is 0 Å². The van der Waals surface area contributed by atoms with Crippen molar-refractivity contribution in [1.82, 2.24) is 9.55 Å². The van der Waals surface area contributed by atoms with E-state index in [0.717, 1.165) is 0 Å². The monoisotopic (exact) mass is 264 g/mol. The van der Waals surface area contributed by atoms with Crippen molar-refractivity contribution in [2.45, 2.75) is 13.5 Å². The van der Waals surface area contributed by atoms with E-state index < -0.39 is 17.1 Å². The zero-order valence-electron chi connectivity index (χ0n) is 10.6. The third-order valence-corrected chi connectivity index (χ3v) is 2.79. The molecule has 1 aromatic carbocycles. The molecule has 100 valence electrons. The third-order valence-electron chi connectivity index (χ3n) is 2.79. The summed E-state index contributed by atoms with van der Waals surface area (Å²) in [6.45, 7) is 1.63. The van der Waals surface area contributed by atoms with Gasteiger partial charge in [-0.15, -0.1) is 0 Å². The van der Waals surface area contributed by atoms with Crippen LogP contribution in [-0.4, -0.2) is 16.7 Å². The topological polar surface area (TPSA) is 64.1 Å². The summed E-state index contributed by atoms with van der Waals surface area (Å²) in [5.74, 6) is -0.0543. The Morgan fingerprint density at radius 3 is 2.74 bits per heavy atom. The first kappa shape index (κ1) is 13.1. The number of hydrogen-bond acceptors (Lipinski definition) is 3. The van der Waals surface area contributed by atoms with Crippen LogP contribution >= 0.6 is 0 Å². The first-order valence-corrected chi connectivity index (χ1v) is 5.64. The van der Waals surface area contributed by atoms with Crippen LogP contribution in [0.4, 0.5) is 4.39 Å². The number of H-pyrrole nitrogens is 1. The predicted molar refractivity (Wildman–Crippen MR) is 68.1 cm³/mol. The van der Waals surface area contributed by atoms with Crippen LogP contribution in [-0.2, 0) is 6.54 Å². The Morgan fingerprint density at radius 1 is 1.37 bits per heavy atom. The van der Waals surface area contributed by atoms with Crippen molar-refractivity contribution in [3.05, 3.63) is 62.2 Å². The number of halogens is 1. The predicted octanol–water partition coefficient (Wildman–Crippen LogP) is 1.04. The van der Waals surface area contributed by atoms with Gasteiger partial charge in [0.25, 0.3) is 5.56 Å². The number of benzene rings is 1. The van der Waals surface area contributed by atoms with Crippen LogP contribution in [0.2, 0.25) is 0 Å². The van der Waals surface area contributed by atoms with Crippen LogP contribution in [0.15, 0.2) is 34.0 Å². The number of aromatic nitrogens is 2. The average molecular weight is 264 g/mol. The zero-order valence-corrected chi connectivity index (χ0v) is 10.6. The van der Waals surface area contributed by atoms with Crippen LogP contribution in [0, 0.1) is 12.7 Å². The molecule has 19 heavy (non-hydrogen) atoms. The number of aromatic amines is 1. The molecule has 0 saturated carbocycles. The molecule has 1 N–H and O–H groups in total. The first-order chi connectivity index (χ1) is 9.01. The van der Waals surface area contributed by atoms with Gasteiger partial charge in [0.05, 0.1) is 13.7 Å². The Kier molecular flexibility index (Phi) is 3.50. The second kappa shape index (κ2) is 5.09. The van der Waals surface area contributed by atoms with Gasteiger partial charge in [-0.05, 0) is 13.0 Å². The number of hydrogen-bond donors (Lipinski definition) is 1. The summed E-state index contributed by atoms with van der Waals surface area (Å²) in [4.78, 5) is 25.0. The molecular weight excluding hydrogens is 251 g/mol. The molecule has 0 spiro atoms. The van der Waals surface area contributed by atoms with Crippen molar-refractivity contribution >= 4 is 0 Å². The maximum atomic E-state index is 13.8. The van der Waals surface area contributed by atoms with E-state index in [4.69, 9.17) is 4.74 Å². The van der Waals surface area contributed by atoms with Crippen molar-refractivity contribution in [1.29, 1.82) is 0 Å². The van der Waals surface area contributed by atoms with E-state index in [1.54, 1.807) is 19.1 Å². The van der Waals surface area contributed by atoms with Gasteiger partial charge in [-0.25, -0.2) is 9.18 Å². The van der Waals surface area contributed by atoms with Gasteiger partial charge in [-0.2, -0.15) is 0 Å². The van der Waals surface area contributed by atoms with Gasteiger partial charge in [-0.1, -0.05) is 6.07 Å². The fourth-order valence-electron chi connectivity index (χ4n) is 1.70. The molecule has 2 aromatic rings. The van der Waals surface area contributed by atoms with Crippen molar-refractivity contribution in [2.75, 3.05) is 7.11 Å². The van der Waals surface area contributed by atoms with E-state index in [9.17, 15) is 14.0 Å². The molecule has 0 radical (unpaired) electrons. The molecule has 0 amide bonds. The normalized spacial score (nSPS) is 10.5. The minimum atomic E-state index is -0.564. The lowest BCUT2D eigenvalue weighted by Crippen LogP contribution is -2.31. The Labute approximate surface area is 108 Å². The van der Waals surface area contributed by atoms with E-state index >= 15 is 0 Å². The van der Waals surface area contributed by atoms with Crippen LogP contribution in [0.25, 0.3) is 0 Å². The van der Waals surface area contributed by atoms with E-state index in [-0.39, 0.29) is 6.54 Å². The van der Waals surface area contributed by atoms with E-state index in [2.05, 4.69) is 4.98 Å². The Bertz CT molecular complexity index is 719. The van der Waals surface area contributed by atoms with Crippen LogP contribution in [0.1, 0.15) is 11.1 Å². The Balaban J connectivity index is 2.39. The average Bonchev–Trinajstić information content (AvgIpc) is 2.38. The molecular formula is C13H13FN2O3. The summed E-state index contributed by atoms with van der Waals surface area (Å²) in [7, 11) is 1.45. The third kappa shape index (κ3) is 2.73. The van der Waals surface area contributed by atoms with Crippen molar-refractivity contribution in [3.63, 3.8) is 0 Å². The van der Waals surface area contributed by atoms with Gasteiger partial charge in [0.1, 0.15) is 11.6 Å². The summed E-state index contributed by atoms with van der Waals surface area (Å²) in [5.41, 5.74) is -0.259. The summed E-state index contributed by atoms with van der Waals surface area (Å²) in [6.07, 6.45) is 1.41. The minimum absolute atomic E-state index is 0.0479. The van der Waals surface area contributed by atoms with Crippen LogP contribution < -0.4 is 16.0 Å². The van der Waals surface area contributed by atoms with Crippen molar-refractivity contribution in [2.24, 2.45) is 0 Å². The molecule has 2 rings (SSSR count). The van der Waals surface area contributed by atoms with Crippen LogP contribution in [0.3, 0.4) is 0 Å². The van der Waals surface area contributed by atoms with Gasteiger partial charge in [0.15, 0.2) is 0 Å². The molecule has 0 aliphatic rings. The smallest absolute Gasteiger partial charge is 0.328 e. The van der Waals surface area contributed by atoms with E-state index in [0.29, 0.717) is 16.9 Å². The molecule has 0 aliphatic heterocycles. The van der Waals surface area contributed by atoms with Gasteiger partial charge in [0, 0.05) is 23.4 Å². The molecule has 0 fully saturated rings.